The van der Waals surface area contributed by atoms with Crippen LogP contribution in [0.3, 0.4) is 0 Å². The minimum Gasteiger partial charge on any atom is -0.480 e. The Hall–Kier alpha value is -2.06. The van der Waals surface area contributed by atoms with Crippen LogP contribution in [-0.2, 0) is 16.5 Å². The molecule has 0 saturated heterocycles. The summed E-state index contributed by atoms with van der Waals surface area (Å²) in [6.07, 6.45) is -4.00. The molecule has 21 heavy (non-hydrogen) atoms. The normalized spacial score (nSPS) is 13.9. The van der Waals surface area contributed by atoms with E-state index in [4.69, 9.17) is 5.11 Å². The Bertz CT molecular complexity index is 558. The molecule has 0 bridgehead atoms. The summed E-state index contributed by atoms with van der Waals surface area (Å²) >= 11 is 0. The summed E-state index contributed by atoms with van der Waals surface area (Å²) in [5, 5.41) is 14.3. The molecule has 6 nitrogen and oxygen atoms in total. The molecule has 1 aromatic heterocycles. The summed E-state index contributed by atoms with van der Waals surface area (Å²) in [6, 6.07) is -1.31. The van der Waals surface area contributed by atoms with Gasteiger partial charge in [-0.1, -0.05) is 0 Å². The molecule has 0 unspecified atom stereocenters. The van der Waals surface area contributed by atoms with E-state index in [0.29, 0.717) is 4.68 Å². The van der Waals surface area contributed by atoms with Crippen LogP contribution >= 0.6 is 0 Å². The second-order valence-electron chi connectivity index (χ2n) is 5.52. The van der Waals surface area contributed by atoms with Gasteiger partial charge in [0.1, 0.15) is 6.04 Å². The highest BCUT2D eigenvalue weighted by atomic mass is 19.4. The fourth-order valence-electron chi connectivity index (χ4n) is 1.63. The number of aliphatic carboxylic acids is 1. The molecule has 1 amide bonds. The van der Waals surface area contributed by atoms with Crippen molar-refractivity contribution in [3.8, 4) is 0 Å². The number of hydrogen-bond donors (Lipinski definition) is 2. The first kappa shape index (κ1) is 17.0. The van der Waals surface area contributed by atoms with Crippen molar-refractivity contribution in [2.45, 2.75) is 45.5 Å². The Kier molecular flexibility index (Phi) is 4.35. The maximum Gasteiger partial charge on any atom is 0.433 e. The highest BCUT2D eigenvalue weighted by molar-refractivity contribution is 5.97. The summed E-state index contributed by atoms with van der Waals surface area (Å²) in [5.74, 6) is -2.48. The predicted octanol–water partition coefficient (Wildman–Crippen LogP) is 1.86. The predicted molar refractivity (Wildman–Crippen MR) is 66.8 cm³/mol. The van der Waals surface area contributed by atoms with Gasteiger partial charge in [-0.3, -0.25) is 14.3 Å². The third-order valence-corrected chi connectivity index (χ3v) is 2.64. The van der Waals surface area contributed by atoms with Crippen molar-refractivity contribution in [3.63, 3.8) is 0 Å². The van der Waals surface area contributed by atoms with Crippen LogP contribution < -0.4 is 5.32 Å². The zero-order valence-corrected chi connectivity index (χ0v) is 11.9. The zero-order valence-electron chi connectivity index (χ0n) is 11.9. The van der Waals surface area contributed by atoms with E-state index in [1.54, 1.807) is 0 Å². The van der Waals surface area contributed by atoms with Crippen LogP contribution in [0, 0.1) is 0 Å². The first-order valence-corrected chi connectivity index (χ1v) is 6.05. The van der Waals surface area contributed by atoms with Crippen LogP contribution in [0.4, 0.5) is 13.2 Å². The van der Waals surface area contributed by atoms with Gasteiger partial charge >= 0.3 is 12.1 Å². The highest BCUT2D eigenvalue weighted by Crippen LogP contribution is 2.34. The van der Waals surface area contributed by atoms with Gasteiger partial charge in [0.2, 0.25) is 0 Å². The molecule has 0 aromatic carbocycles. The van der Waals surface area contributed by atoms with E-state index in [1.807, 2.05) is 5.32 Å². The zero-order chi connectivity index (χ0) is 16.6. The molecular formula is C12H16F3N3O3. The number of hydrogen-bond acceptors (Lipinski definition) is 3. The standard InChI is InChI=1S/C12H16F3N3O3/c1-6(10(20)21)17-9(19)7-5-16-18(11(2,3)4)8(7)12(13,14)15/h5-6H,1-4H3,(H,17,19)(H,20,21)/t6-/m0/s1. The van der Waals surface area contributed by atoms with Crippen LogP contribution in [0.1, 0.15) is 43.7 Å². The van der Waals surface area contributed by atoms with Crippen molar-refractivity contribution >= 4 is 11.9 Å². The van der Waals surface area contributed by atoms with Gasteiger partial charge in [0.25, 0.3) is 5.91 Å². The Labute approximate surface area is 118 Å². The van der Waals surface area contributed by atoms with E-state index in [1.165, 1.54) is 20.8 Å². The number of halogens is 3. The number of amides is 1. The Morgan fingerprint density at radius 3 is 2.24 bits per heavy atom. The first-order valence-electron chi connectivity index (χ1n) is 6.05. The van der Waals surface area contributed by atoms with Crippen LogP contribution in [0.25, 0.3) is 0 Å². The number of carbonyl (C=O) groups is 2. The molecule has 2 N–H and O–H groups in total. The fourth-order valence-corrected chi connectivity index (χ4v) is 1.63. The molecule has 0 aliphatic rings. The summed E-state index contributed by atoms with van der Waals surface area (Å²) in [4.78, 5) is 22.5. The molecule has 1 aromatic rings. The number of rotatable bonds is 3. The quantitative estimate of drug-likeness (QED) is 0.892. The lowest BCUT2D eigenvalue weighted by molar-refractivity contribution is -0.146. The molecule has 0 radical (unpaired) electrons. The summed E-state index contributed by atoms with van der Waals surface area (Å²) in [6.45, 7) is 5.69. The smallest absolute Gasteiger partial charge is 0.433 e. The fraction of sp³-hybridized carbons (Fsp3) is 0.583. The summed E-state index contributed by atoms with van der Waals surface area (Å²) in [5.41, 5.74) is -2.89. The molecule has 118 valence electrons. The number of aromatic nitrogens is 2. The molecule has 9 heteroatoms. The molecule has 1 atom stereocenters. The van der Waals surface area contributed by atoms with E-state index in [9.17, 15) is 22.8 Å². The lowest BCUT2D eigenvalue weighted by atomic mass is 10.1. The van der Waals surface area contributed by atoms with Gasteiger partial charge in [0, 0.05) is 0 Å². The van der Waals surface area contributed by atoms with Gasteiger partial charge < -0.3 is 10.4 Å². The second-order valence-corrected chi connectivity index (χ2v) is 5.52. The maximum atomic E-state index is 13.2. The Morgan fingerprint density at radius 2 is 1.86 bits per heavy atom. The number of nitrogens with zero attached hydrogens (tertiary/aromatic N) is 2. The summed E-state index contributed by atoms with van der Waals surface area (Å²) < 4.78 is 40.2. The van der Waals surface area contributed by atoms with Crippen molar-refractivity contribution in [2.75, 3.05) is 0 Å². The van der Waals surface area contributed by atoms with E-state index >= 15 is 0 Å². The van der Waals surface area contributed by atoms with Crippen molar-refractivity contribution in [2.24, 2.45) is 0 Å². The minimum absolute atomic E-state index is 0.702. The highest BCUT2D eigenvalue weighted by Gasteiger charge is 2.42. The molecule has 0 fully saturated rings. The van der Waals surface area contributed by atoms with Crippen molar-refractivity contribution in [1.29, 1.82) is 0 Å². The summed E-state index contributed by atoms with van der Waals surface area (Å²) in [7, 11) is 0. The molecular weight excluding hydrogens is 291 g/mol. The largest absolute Gasteiger partial charge is 0.480 e. The third-order valence-electron chi connectivity index (χ3n) is 2.64. The first-order chi connectivity index (χ1) is 9.35. The lowest BCUT2D eigenvalue weighted by Crippen LogP contribution is -2.39. The number of carboxylic acids is 1. The van der Waals surface area contributed by atoms with Crippen LogP contribution in [0.5, 0.6) is 0 Å². The SMILES string of the molecule is C[C@H](NC(=O)c1cnn(C(C)(C)C)c1C(F)(F)F)C(=O)O. The Balaban J connectivity index is 3.29. The molecule has 0 spiro atoms. The van der Waals surface area contributed by atoms with Crippen LogP contribution in [0.15, 0.2) is 6.20 Å². The van der Waals surface area contributed by atoms with Gasteiger partial charge in [-0.2, -0.15) is 18.3 Å². The molecule has 0 aliphatic carbocycles. The van der Waals surface area contributed by atoms with Gasteiger partial charge in [0.05, 0.1) is 17.3 Å². The molecule has 0 aliphatic heterocycles. The number of carbonyl (C=O) groups excluding carboxylic acids is 1. The van der Waals surface area contributed by atoms with E-state index in [2.05, 4.69) is 5.10 Å². The van der Waals surface area contributed by atoms with Gasteiger partial charge in [-0.25, -0.2) is 0 Å². The van der Waals surface area contributed by atoms with Crippen molar-refractivity contribution in [1.82, 2.24) is 15.1 Å². The average Bonchev–Trinajstić information content (AvgIpc) is 2.72. The van der Waals surface area contributed by atoms with Crippen LogP contribution in [-0.4, -0.2) is 32.8 Å². The maximum absolute atomic E-state index is 13.2. The number of alkyl halides is 3. The molecule has 1 heterocycles. The monoisotopic (exact) mass is 307 g/mol. The number of nitrogens with one attached hydrogen (secondary N) is 1. The minimum atomic E-state index is -4.79. The topological polar surface area (TPSA) is 84.2 Å². The van der Waals surface area contributed by atoms with E-state index in [-0.39, 0.29) is 0 Å². The number of carboxylic acid groups (broad SMARTS) is 1. The van der Waals surface area contributed by atoms with Crippen molar-refractivity contribution < 1.29 is 27.9 Å². The van der Waals surface area contributed by atoms with Gasteiger partial charge in [-0.15, -0.1) is 0 Å². The van der Waals surface area contributed by atoms with E-state index < -0.39 is 40.9 Å². The average molecular weight is 307 g/mol. The molecule has 1 rings (SSSR count). The van der Waals surface area contributed by atoms with Crippen molar-refractivity contribution in [3.05, 3.63) is 17.5 Å². The van der Waals surface area contributed by atoms with Gasteiger partial charge in [0.15, 0.2) is 5.69 Å². The van der Waals surface area contributed by atoms with E-state index in [0.717, 1.165) is 13.1 Å². The van der Waals surface area contributed by atoms with Gasteiger partial charge in [-0.05, 0) is 27.7 Å². The lowest BCUT2D eigenvalue weighted by Gasteiger charge is -2.24. The molecule has 0 saturated carbocycles. The Morgan fingerprint density at radius 1 is 1.33 bits per heavy atom. The van der Waals surface area contributed by atoms with Crippen LogP contribution in [0.2, 0.25) is 0 Å². The third kappa shape index (κ3) is 3.73. The second kappa shape index (κ2) is 5.38.